The second-order valence-electron chi connectivity index (χ2n) is 18.4. The van der Waals surface area contributed by atoms with E-state index in [1.54, 1.807) is 42.5 Å². The summed E-state index contributed by atoms with van der Waals surface area (Å²) in [7, 11) is -8.54. The number of carbonyl (C=O) groups excluding carboxylic acids is 2. The molecule has 0 bridgehead atoms. The van der Waals surface area contributed by atoms with Gasteiger partial charge in [0, 0.05) is 59.1 Å². The second-order valence-corrected chi connectivity index (χ2v) is 21.2. The fourth-order valence-electron chi connectivity index (χ4n) is 8.10. The molecule has 0 unspecified atom stereocenters. The lowest BCUT2D eigenvalue weighted by atomic mass is 9.98. The van der Waals surface area contributed by atoms with Crippen molar-refractivity contribution in [1.82, 2.24) is 0 Å². The third kappa shape index (κ3) is 16.9. The number of pyridine rings is 2. The Hall–Kier alpha value is -8.66. The Kier molecular flexibility index (Phi) is 19.7. The molecule has 0 atom stereocenters. The second kappa shape index (κ2) is 26.9. The van der Waals surface area contributed by atoms with E-state index in [0.29, 0.717) is 11.3 Å². The van der Waals surface area contributed by atoms with E-state index in [4.69, 9.17) is 0 Å². The van der Waals surface area contributed by atoms with Gasteiger partial charge < -0.3 is 19.7 Å². The topological polar surface area (TPSA) is 180 Å². The molecule has 0 aliphatic rings. The van der Waals surface area contributed by atoms with E-state index in [1.165, 1.54) is 47.0 Å². The Labute approximate surface area is 457 Å². The van der Waals surface area contributed by atoms with Crippen molar-refractivity contribution >= 4 is 49.5 Å². The molecule has 2 N–H and O–H groups in total. The number of aromatic nitrogens is 2. The summed E-state index contributed by atoms with van der Waals surface area (Å²) in [4.78, 5) is 25.3. The average molecular weight is 1080 g/mol. The number of rotatable bonds is 15. The third-order valence-electron chi connectivity index (χ3n) is 12.3. The van der Waals surface area contributed by atoms with Gasteiger partial charge in [-0.2, -0.15) is 0 Å². The Morgan fingerprint density at radius 3 is 1.15 bits per heavy atom. The van der Waals surface area contributed by atoms with Crippen molar-refractivity contribution in [2.75, 3.05) is 10.6 Å². The van der Waals surface area contributed by atoms with Gasteiger partial charge in [0.1, 0.15) is 33.3 Å². The minimum atomic E-state index is -4.27. The number of nitrogens with zero attached hydrogens (tertiary/aromatic N) is 2. The SMILES string of the molecule is CCC[n+]1cccc(-c2ccc(NC(=O)/C=C/c3ccc(C(=O)Nc4ccc(-c5ccc(-c6ccc(-c7ccc[n+](CCC)c7)cc6)cc5)cc4)cc3)cc2)c1.Cc1ccc(S(=O)(=O)[O-])cc1.Cc1ccc(S(=O)(=O)[O-])cc1. The molecule has 0 radical (unpaired) electrons. The highest BCUT2D eigenvalue weighted by Gasteiger charge is 2.10. The van der Waals surface area contributed by atoms with E-state index in [2.05, 4.69) is 131 Å². The summed E-state index contributed by atoms with van der Waals surface area (Å²) in [6.07, 6.45) is 13.9. The van der Waals surface area contributed by atoms with Gasteiger partial charge in [-0.25, -0.2) is 26.0 Å². The molecule has 9 rings (SSSR count). The number of carbonyl (C=O) groups is 2. The summed E-state index contributed by atoms with van der Waals surface area (Å²) in [5.74, 6) is -0.429. The minimum absolute atomic E-state index is 0.178. The van der Waals surface area contributed by atoms with Gasteiger partial charge in [-0.15, -0.1) is 0 Å². The predicted octanol–water partition coefficient (Wildman–Crippen LogP) is 12.5. The van der Waals surface area contributed by atoms with Gasteiger partial charge in [-0.1, -0.05) is 134 Å². The largest absolute Gasteiger partial charge is 0.744 e. The van der Waals surface area contributed by atoms with Gasteiger partial charge >= 0.3 is 0 Å². The fourth-order valence-corrected chi connectivity index (χ4v) is 9.04. The number of hydrogen-bond acceptors (Lipinski definition) is 8. The molecule has 396 valence electrons. The molecule has 78 heavy (non-hydrogen) atoms. The van der Waals surface area contributed by atoms with Crippen molar-refractivity contribution in [2.45, 2.75) is 63.4 Å². The Balaban J connectivity index is 0.000000330. The molecule has 2 amide bonds. The van der Waals surface area contributed by atoms with Crippen LogP contribution >= 0.6 is 0 Å². The summed E-state index contributed by atoms with van der Waals surface area (Å²) in [6.45, 7) is 9.98. The van der Waals surface area contributed by atoms with Crippen LogP contribution in [0.2, 0.25) is 0 Å². The monoisotopic (exact) mass is 1080 g/mol. The smallest absolute Gasteiger partial charge is 0.255 e. The highest BCUT2D eigenvalue weighted by molar-refractivity contribution is 7.86. The number of anilines is 2. The van der Waals surface area contributed by atoms with Crippen molar-refractivity contribution in [1.29, 1.82) is 0 Å². The highest BCUT2D eigenvalue weighted by atomic mass is 32.2. The minimum Gasteiger partial charge on any atom is -0.744 e. The fraction of sp³-hybridized carbons (Fsp3) is 0.125. The van der Waals surface area contributed by atoms with Crippen LogP contribution in [-0.2, 0) is 38.1 Å². The van der Waals surface area contributed by atoms with Gasteiger partial charge in [0.15, 0.2) is 24.8 Å². The molecule has 0 fully saturated rings. The normalized spacial score (nSPS) is 11.2. The van der Waals surface area contributed by atoms with Crippen LogP contribution in [0.4, 0.5) is 11.4 Å². The first-order valence-electron chi connectivity index (χ1n) is 25.3. The summed E-state index contributed by atoms with van der Waals surface area (Å²) in [5.41, 5.74) is 13.8. The zero-order valence-corrected chi connectivity index (χ0v) is 45.4. The average Bonchev–Trinajstić information content (AvgIpc) is 3.44. The van der Waals surface area contributed by atoms with Crippen LogP contribution in [0.15, 0.2) is 235 Å². The van der Waals surface area contributed by atoms with Gasteiger partial charge in [0.25, 0.3) is 5.91 Å². The molecule has 7 aromatic carbocycles. The number of amides is 2. The standard InChI is InChI=1S/C50H44N4O2.2C7H8O3S/c1-3-31-53-33-5-7-45(35-53)42-20-18-39(19-21-42)38-14-16-40(17-15-38)41-22-28-48(29-23-41)52-50(56)44-12-9-37(10-13-44)11-30-49(55)51-47-26-24-43(25-27-47)46-8-6-34-54(36-46)32-4-2;2*1-6-2-4-7(5-3-6)11(8,9)10/h5-30,33-36H,3-4,31-32H2,1-2H3;2*2-5H,1H3,(H,8,9,10)/b30-11+;;. The number of aryl methyl sites for hydroxylation is 4. The predicted molar refractivity (Wildman–Crippen MR) is 306 cm³/mol. The van der Waals surface area contributed by atoms with Crippen molar-refractivity contribution in [3.05, 3.63) is 247 Å². The molecule has 12 nitrogen and oxygen atoms in total. The maximum atomic E-state index is 13.0. The van der Waals surface area contributed by atoms with E-state index in [1.807, 2.05) is 74.5 Å². The maximum absolute atomic E-state index is 13.0. The molecule has 0 aliphatic heterocycles. The molecule has 0 spiro atoms. The zero-order chi connectivity index (χ0) is 55.7. The summed E-state index contributed by atoms with van der Waals surface area (Å²) < 4.78 is 66.8. The molecular formula is C64H60N4O8S2. The highest BCUT2D eigenvalue weighted by Crippen LogP contribution is 2.28. The lowest BCUT2D eigenvalue weighted by Gasteiger charge is -2.09. The molecule has 14 heteroatoms. The molecule has 0 saturated heterocycles. The van der Waals surface area contributed by atoms with Gasteiger partial charge in [-0.05, 0) is 132 Å². The molecule has 9 aromatic rings. The van der Waals surface area contributed by atoms with Crippen LogP contribution in [-0.4, -0.2) is 37.8 Å². The van der Waals surface area contributed by atoms with E-state index >= 15 is 0 Å². The first-order chi connectivity index (χ1) is 37.4. The van der Waals surface area contributed by atoms with Gasteiger partial charge in [-0.3, -0.25) is 9.59 Å². The van der Waals surface area contributed by atoms with E-state index < -0.39 is 20.2 Å². The number of hydrogen-bond donors (Lipinski definition) is 2. The van der Waals surface area contributed by atoms with Crippen LogP contribution in [0.1, 0.15) is 53.7 Å². The van der Waals surface area contributed by atoms with Crippen molar-refractivity contribution < 1.29 is 44.7 Å². The molecule has 2 aromatic heterocycles. The van der Waals surface area contributed by atoms with Crippen LogP contribution in [0.25, 0.3) is 50.6 Å². The molecular weight excluding hydrogens is 1020 g/mol. The Morgan fingerprint density at radius 2 is 0.795 bits per heavy atom. The van der Waals surface area contributed by atoms with Crippen molar-refractivity contribution in [2.24, 2.45) is 0 Å². The van der Waals surface area contributed by atoms with Gasteiger partial charge in [0.2, 0.25) is 5.91 Å². The molecule has 0 saturated carbocycles. The summed E-state index contributed by atoms with van der Waals surface area (Å²) >= 11 is 0. The van der Waals surface area contributed by atoms with Gasteiger partial charge in [0.05, 0.1) is 9.79 Å². The van der Waals surface area contributed by atoms with Crippen LogP contribution < -0.4 is 19.8 Å². The first kappa shape index (κ1) is 57.1. The Bertz CT molecular complexity index is 3630. The van der Waals surface area contributed by atoms with E-state index in [9.17, 15) is 35.5 Å². The van der Waals surface area contributed by atoms with E-state index in [-0.39, 0.29) is 21.6 Å². The maximum Gasteiger partial charge on any atom is 0.255 e. The van der Waals surface area contributed by atoms with Crippen molar-refractivity contribution in [3.8, 4) is 44.5 Å². The van der Waals surface area contributed by atoms with Crippen LogP contribution in [0.5, 0.6) is 0 Å². The third-order valence-corrected chi connectivity index (χ3v) is 14.0. The first-order valence-corrected chi connectivity index (χ1v) is 28.1. The quantitative estimate of drug-likeness (QED) is 0.0578. The zero-order valence-electron chi connectivity index (χ0n) is 43.7. The summed E-state index contributed by atoms with van der Waals surface area (Å²) in [5, 5.41) is 5.91. The molecule has 2 heterocycles. The Morgan fingerprint density at radius 1 is 0.449 bits per heavy atom. The number of nitrogens with one attached hydrogen (secondary N) is 2. The van der Waals surface area contributed by atoms with Crippen LogP contribution in [0.3, 0.4) is 0 Å². The van der Waals surface area contributed by atoms with E-state index in [0.717, 1.165) is 76.1 Å². The van der Waals surface area contributed by atoms with Crippen LogP contribution in [0, 0.1) is 13.8 Å². The number of benzene rings is 7. The lowest BCUT2D eigenvalue weighted by molar-refractivity contribution is -0.696. The summed E-state index contributed by atoms with van der Waals surface area (Å²) in [6, 6.07) is 60.1. The lowest BCUT2D eigenvalue weighted by Crippen LogP contribution is -2.32. The van der Waals surface area contributed by atoms with Crippen molar-refractivity contribution in [3.63, 3.8) is 0 Å². The molecule has 0 aliphatic carbocycles.